The molecule has 1 aromatic carbocycles. The van der Waals surface area contributed by atoms with Crippen LogP contribution in [0.25, 0.3) is 0 Å². The van der Waals surface area contributed by atoms with Gasteiger partial charge in [-0.2, -0.15) is 0 Å². The fourth-order valence-corrected chi connectivity index (χ4v) is 3.96. The van der Waals surface area contributed by atoms with Gasteiger partial charge in [-0.3, -0.25) is 0 Å². The first-order chi connectivity index (χ1) is 9.29. The highest BCUT2D eigenvalue weighted by molar-refractivity contribution is 7.89. The summed E-state index contributed by atoms with van der Waals surface area (Å²) in [6.45, 7) is 4.36. The Balaban J connectivity index is 2.13. The topological polar surface area (TPSA) is 92.4 Å². The maximum Gasteiger partial charge on any atom is 0.240 e. The predicted octanol–water partition coefficient (Wildman–Crippen LogP) is 2.08. The van der Waals surface area contributed by atoms with Gasteiger partial charge in [-0.25, -0.2) is 13.1 Å². The van der Waals surface area contributed by atoms with Gasteiger partial charge in [0.25, 0.3) is 0 Å². The summed E-state index contributed by atoms with van der Waals surface area (Å²) in [6, 6.07) is 3.92. The number of hydrogen-bond donors (Lipinski definition) is 3. The van der Waals surface area contributed by atoms with E-state index in [0.717, 1.165) is 19.3 Å². The van der Waals surface area contributed by atoms with Crippen LogP contribution in [0.4, 0.5) is 5.69 Å². The van der Waals surface area contributed by atoms with Crippen LogP contribution in [0, 0.1) is 11.8 Å². The number of benzene rings is 1. The van der Waals surface area contributed by atoms with Gasteiger partial charge in [0.2, 0.25) is 10.0 Å². The molecular formula is C14H22N2O3S. The molecule has 0 saturated heterocycles. The number of phenolic OH excluding ortho intramolecular Hbond substituents is 1. The quantitative estimate of drug-likeness (QED) is 0.588. The molecule has 0 amide bonds. The number of hydrogen-bond acceptors (Lipinski definition) is 4. The van der Waals surface area contributed by atoms with Gasteiger partial charge in [0.1, 0.15) is 5.75 Å². The maximum absolute atomic E-state index is 12.3. The van der Waals surface area contributed by atoms with Crippen LogP contribution >= 0.6 is 0 Å². The lowest BCUT2D eigenvalue weighted by Gasteiger charge is -2.32. The lowest BCUT2D eigenvalue weighted by atomic mass is 9.79. The predicted molar refractivity (Wildman–Crippen MR) is 78.8 cm³/mol. The first kappa shape index (κ1) is 15.1. The highest BCUT2D eigenvalue weighted by atomic mass is 32.2. The zero-order valence-electron chi connectivity index (χ0n) is 11.8. The van der Waals surface area contributed by atoms with E-state index >= 15 is 0 Å². The van der Waals surface area contributed by atoms with Crippen molar-refractivity contribution in [1.82, 2.24) is 4.72 Å². The molecule has 1 aliphatic rings. The summed E-state index contributed by atoms with van der Waals surface area (Å²) < 4.78 is 27.4. The number of rotatable bonds is 3. The Morgan fingerprint density at radius 2 is 1.95 bits per heavy atom. The Bertz CT molecular complexity index is 586. The monoisotopic (exact) mass is 298 g/mol. The molecule has 3 atom stereocenters. The Labute approximate surface area is 120 Å². The molecule has 6 heteroatoms. The first-order valence-electron chi connectivity index (χ1n) is 6.90. The highest BCUT2D eigenvalue weighted by Gasteiger charge is 2.28. The number of anilines is 1. The van der Waals surface area contributed by atoms with Crippen LogP contribution in [0.1, 0.15) is 33.1 Å². The third-order valence-electron chi connectivity index (χ3n) is 4.23. The van der Waals surface area contributed by atoms with Crippen LogP contribution in [0.5, 0.6) is 5.75 Å². The standard InChI is InChI=1S/C14H22N2O3S/c1-9-3-4-11(7-10(9)2)16-20(18,19)12-5-6-14(17)13(15)8-12/h5-6,8-11,16-17H,3-4,7,15H2,1-2H3. The highest BCUT2D eigenvalue weighted by Crippen LogP contribution is 2.30. The van der Waals surface area contributed by atoms with Crippen LogP contribution in [-0.4, -0.2) is 19.6 Å². The molecule has 20 heavy (non-hydrogen) atoms. The number of nitrogens with one attached hydrogen (secondary N) is 1. The second kappa shape index (κ2) is 5.61. The number of phenols is 1. The molecule has 3 unspecified atom stereocenters. The number of aromatic hydroxyl groups is 1. The first-order valence-corrected chi connectivity index (χ1v) is 8.38. The van der Waals surface area contributed by atoms with E-state index in [4.69, 9.17) is 5.73 Å². The van der Waals surface area contributed by atoms with Gasteiger partial charge in [0.15, 0.2) is 0 Å². The summed E-state index contributed by atoms with van der Waals surface area (Å²) in [4.78, 5) is 0.0964. The molecule has 5 nitrogen and oxygen atoms in total. The molecule has 4 N–H and O–H groups in total. The van der Waals surface area contributed by atoms with E-state index in [9.17, 15) is 13.5 Å². The van der Waals surface area contributed by atoms with Gasteiger partial charge in [-0.1, -0.05) is 13.8 Å². The SMILES string of the molecule is CC1CCC(NS(=O)(=O)c2ccc(O)c(N)c2)CC1C. The molecular weight excluding hydrogens is 276 g/mol. The molecule has 1 aliphatic carbocycles. The largest absolute Gasteiger partial charge is 0.506 e. The van der Waals surface area contributed by atoms with Crippen LogP contribution in [0.3, 0.4) is 0 Å². The summed E-state index contributed by atoms with van der Waals surface area (Å²) in [5, 5.41) is 9.35. The number of sulfonamides is 1. The fourth-order valence-electron chi connectivity index (χ4n) is 2.64. The fraction of sp³-hybridized carbons (Fsp3) is 0.571. The lowest BCUT2D eigenvalue weighted by molar-refractivity contribution is 0.242. The van der Waals surface area contributed by atoms with Crippen molar-refractivity contribution in [3.63, 3.8) is 0 Å². The van der Waals surface area contributed by atoms with Gasteiger partial charge < -0.3 is 10.8 Å². The summed E-state index contributed by atoms with van der Waals surface area (Å²) in [5.41, 5.74) is 5.62. The zero-order valence-corrected chi connectivity index (χ0v) is 12.7. The van der Waals surface area contributed by atoms with Crippen LogP contribution in [-0.2, 0) is 10.0 Å². The third-order valence-corrected chi connectivity index (χ3v) is 5.75. The summed E-state index contributed by atoms with van der Waals surface area (Å²) in [5.74, 6) is 1.05. The molecule has 0 aliphatic heterocycles. The van der Waals surface area contributed by atoms with E-state index in [0.29, 0.717) is 11.8 Å². The van der Waals surface area contributed by atoms with E-state index in [1.165, 1.54) is 18.2 Å². The minimum absolute atomic E-state index is 0.0266. The summed E-state index contributed by atoms with van der Waals surface area (Å²) in [7, 11) is -3.58. The smallest absolute Gasteiger partial charge is 0.240 e. The molecule has 1 aromatic rings. The normalized spacial score (nSPS) is 27.4. The Hall–Kier alpha value is -1.27. The Morgan fingerprint density at radius 1 is 1.25 bits per heavy atom. The molecule has 2 rings (SSSR count). The minimum Gasteiger partial charge on any atom is -0.506 e. The molecule has 0 aromatic heterocycles. The summed E-state index contributed by atoms with van der Waals surface area (Å²) in [6.07, 6.45) is 2.75. The zero-order chi connectivity index (χ0) is 14.9. The maximum atomic E-state index is 12.3. The van der Waals surface area contributed by atoms with Crippen LogP contribution in [0.2, 0.25) is 0 Å². The van der Waals surface area contributed by atoms with E-state index in [-0.39, 0.29) is 22.4 Å². The lowest BCUT2D eigenvalue weighted by Crippen LogP contribution is -2.39. The van der Waals surface area contributed by atoms with E-state index in [2.05, 4.69) is 18.6 Å². The number of nitrogen functional groups attached to an aromatic ring is 1. The van der Waals surface area contributed by atoms with E-state index in [1.54, 1.807) is 0 Å². The van der Waals surface area contributed by atoms with Crippen molar-refractivity contribution in [2.24, 2.45) is 11.8 Å². The van der Waals surface area contributed by atoms with Crippen molar-refractivity contribution in [2.75, 3.05) is 5.73 Å². The van der Waals surface area contributed by atoms with Crippen molar-refractivity contribution in [3.8, 4) is 5.75 Å². The average Bonchev–Trinajstić information content (AvgIpc) is 2.37. The van der Waals surface area contributed by atoms with Crippen molar-refractivity contribution in [3.05, 3.63) is 18.2 Å². The number of nitrogens with two attached hydrogens (primary N) is 1. The molecule has 1 saturated carbocycles. The minimum atomic E-state index is -3.58. The Morgan fingerprint density at radius 3 is 2.55 bits per heavy atom. The molecule has 0 spiro atoms. The van der Waals surface area contributed by atoms with Crippen molar-refractivity contribution >= 4 is 15.7 Å². The average molecular weight is 298 g/mol. The van der Waals surface area contributed by atoms with Gasteiger partial charge >= 0.3 is 0 Å². The Kier molecular flexibility index (Phi) is 4.25. The molecule has 0 radical (unpaired) electrons. The second-order valence-electron chi connectivity index (χ2n) is 5.81. The molecule has 0 heterocycles. The molecule has 0 bridgehead atoms. The third kappa shape index (κ3) is 3.24. The van der Waals surface area contributed by atoms with Crippen molar-refractivity contribution < 1.29 is 13.5 Å². The van der Waals surface area contributed by atoms with E-state index < -0.39 is 10.0 Å². The molecule has 1 fully saturated rings. The van der Waals surface area contributed by atoms with Crippen molar-refractivity contribution in [1.29, 1.82) is 0 Å². The van der Waals surface area contributed by atoms with Gasteiger partial charge in [-0.05, 0) is 49.3 Å². The second-order valence-corrected chi connectivity index (χ2v) is 7.52. The van der Waals surface area contributed by atoms with E-state index in [1.807, 2.05) is 0 Å². The molecule has 112 valence electrons. The van der Waals surface area contributed by atoms with Gasteiger partial charge in [0, 0.05) is 6.04 Å². The van der Waals surface area contributed by atoms with Gasteiger partial charge in [0.05, 0.1) is 10.6 Å². The summed E-state index contributed by atoms with van der Waals surface area (Å²) >= 11 is 0. The van der Waals surface area contributed by atoms with Crippen LogP contribution < -0.4 is 10.5 Å². The van der Waals surface area contributed by atoms with Crippen molar-refractivity contribution in [2.45, 2.75) is 44.0 Å². The van der Waals surface area contributed by atoms with Gasteiger partial charge in [-0.15, -0.1) is 0 Å². The van der Waals surface area contributed by atoms with Crippen LogP contribution in [0.15, 0.2) is 23.1 Å².